The molecule has 0 spiro atoms. The molecule has 3 heterocycles. The number of carbonyl (C=O) groups excluding carboxylic acids is 2. The van der Waals surface area contributed by atoms with Gasteiger partial charge < -0.3 is 24.8 Å². The highest BCUT2D eigenvalue weighted by molar-refractivity contribution is 7.89. The number of carbonyl (C=O) groups is 2. The van der Waals surface area contributed by atoms with Gasteiger partial charge in [0.2, 0.25) is 22.7 Å². The lowest BCUT2D eigenvalue weighted by Crippen LogP contribution is -2.43. The van der Waals surface area contributed by atoms with Gasteiger partial charge in [-0.15, -0.1) is 0 Å². The summed E-state index contributed by atoms with van der Waals surface area (Å²) in [5.41, 5.74) is 1.23. The van der Waals surface area contributed by atoms with E-state index in [9.17, 15) is 18.0 Å². The van der Waals surface area contributed by atoms with Crippen LogP contribution < -0.4 is 24.8 Å². The summed E-state index contributed by atoms with van der Waals surface area (Å²) in [6, 6.07) is 9.96. The molecule has 0 bridgehead atoms. The first-order chi connectivity index (χ1) is 16.3. The molecule has 2 aromatic carbocycles. The van der Waals surface area contributed by atoms with E-state index in [1.807, 2.05) is 18.2 Å². The quantitative estimate of drug-likeness (QED) is 0.660. The Morgan fingerprint density at radius 2 is 1.82 bits per heavy atom. The standard InChI is InChI=1S/C23H25N3O7S/c1-14-22(27)25-18-11-17(3-5-19(18)33-14)34(29,30)26-8-6-16(7-9-26)23(28)24-12-15-2-4-20-21(10-15)32-13-31-20/h2-5,10-11,14,16H,6-9,12-13H2,1H3,(H,24,28)(H,25,27)/t14-/m1/s1. The second kappa shape index (κ2) is 8.80. The van der Waals surface area contributed by atoms with Crippen molar-refractivity contribution < 1.29 is 32.2 Å². The Morgan fingerprint density at radius 1 is 1.09 bits per heavy atom. The Bertz CT molecular complexity index is 1240. The molecule has 2 N–H and O–H groups in total. The van der Waals surface area contributed by atoms with Crippen LogP contribution >= 0.6 is 0 Å². The average Bonchev–Trinajstić information content (AvgIpc) is 3.31. The zero-order valence-corrected chi connectivity index (χ0v) is 19.4. The van der Waals surface area contributed by atoms with Gasteiger partial charge in [0.15, 0.2) is 17.6 Å². The van der Waals surface area contributed by atoms with Gasteiger partial charge in [-0.25, -0.2) is 8.42 Å². The number of nitrogens with one attached hydrogen (secondary N) is 2. The molecule has 5 rings (SSSR count). The Morgan fingerprint density at radius 3 is 2.62 bits per heavy atom. The molecule has 34 heavy (non-hydrogen) atoms. The first kappa shape index (κ1) is 22.5. The second-order valence-corrected chi connectivity index (χ2v) is 10.4. The zero-order valence-electron chi connectivity index (χ0n) is 18.6. The zero-order chi connectivity index (χ0) is 23.9. The van der Waals surface area contributed by atoms with Crippen LogP contribution in [0.25, 0.3) is 0 Å². The van der Waals surface area contributed by atoms with E-state index in [0.29, 0.717) is 42.3 Å². The number of hydrogen-bond donors (Lipinski definition) is 2. The van der Waals surface area contributed by atoms with E-state index in [0.717, 1.165) is 5.56 Å². The number of nitrogens with zero attached hydrogens (tertiary/aromatic N) is 1. The summed E-state index contributed by atoms with van der Waals surface area (Å²) >= 11 is 0. The summed E-state index contributed by atoms with van der Waals surface area (Å²) in [6.07, 6.45) is 0.216. The van der Waals surface area contributed by atoms with E-state index in [1.54, 1.807) is 13.0 Å². The number of ether oxygens (including phenoxy) is 3. The highest BCUT2D eigenvalue weighted by atomic mass is 32.2. The van der Waals surface area contributed by atoms with Crippen LogP contribution in [0.4, 0.5) is 5.69 Å². The van der Waals surface area contributed by atoms with Crippen molar-refractivity contribution in [3.05, 3.63) is 42.0 Å². The Hall–Kier alpha value is -3.31. The minimum absolute atomic E-state index is 0.0791. The summed E-state index contributed by atoms with van der Waals surface area (Å²) in [5, 5.41) is 5.60. The number of benzene rings is 2. The van der Waals surface area contributed by atoms with Crippen molar-refractivity contribution in [2.75, 3.05) is 25.2 Å². The molecule has 3 aliphatic heterocycles. The number of rotatable bonds is 5. The van der Waals surface area contributed by atoms with Crippen molar-refractivity contribution in [3.8, 4) is 17.2 Å². The molecule has 10 nitrogen and oxygen atoms in total. The van der Waals surface area contributed by atoms with Crippen LogP contribution in [-0.4, -0.2) is 50.5 Å². The van der Waals surface area contributed by atoms with E-state index >= 15 is 0 Å². The van der Waals surface area contributed by atoms with Gasteiger partial charge in [0.1, 0.15) is 5.75 Å². The lowest BCUT2D eigenvalue weighted by atomic mass is 9.97. The molecule has 3 aliphatic rings. The van der Waals surface area contributed by atoms with Gasteiger partial charge in [0.05, 0.1) is 10.6 Å². The number of hydrogen-bond acceptors (Lipinski definition) is 7. The monoisotopic (exact) mass is 487 g/mol. The van der Waals surface area contributed by atoms with Gasteiger partial charge in [-0.3, -0.25) is 9.59 Å². The Balaban J connectivity index is 1.18. The number of amides is 2. The first-order valence-corrected chi connectivity index (χ1v) is 12.5. The molecular weight excluding hydrogens is 462 g/mol. The van der Waals surface area contributed by atoms with Crippen molar-refractivity contribution in [3.63, 3.8) is 0 Å². The molecule has 11 heteroatoms. The van der Waals surface area contributed by atoms with Crippen LogP contribution in [0.5, 0.6) is 17.2 Å². The predicted molar refractivity (Wildman–Crippen MR) is 121 cm³/mol. The van der Waals surface area contributed by atoms with Gasteiger partial charge in [-0.1, -0.05) is 6.07 Å². The summed E-state index contributed by atoms with van der Waals surface area (Å²) in [4.78, 5) is 24.6. The number of fused-ring (bicyclic) bond motifs is 2. The maximum atomic E-state index is 13.1. The smallest absolute Gasteiger partial charge is 0.265 e. The largest absolute Gasteiger partial charge is 0.479 e. The third-order valence-electron chi connectivity index (χ3n) is 6.25. The molecule has 1 atom stereocenters. The average molecular weight is 488 g/mol. The fourth-order valence-corrected chi connectivity index (χ4v) is 5.74. The highest BCUT2D eigenvalue weighted by Crippen LogP contribution is 2.34. The fraction of sp³-hybridized carbons (Fsp3) is 0.391. The molecule has 0 saturated carbocycles. The van der Waals surface area contributed by atoms with Gasteiger partial charge in [0, 0.05) is 25.6 Å². The molecule has 2 amide bonds. The molecule has 2 aromatic rings. The normalized spacial score (nSPS) is 20.3. The minimum atomic E-state index is -3.77. The summed E-state index contributed by atoms with van der Waals surface area (Å²) in [7, 11) is -3.77. The van der Waals surface area contributed by atoms with Crippen LogP contribution in [0.15, 0.2) is 41.3 Å². The number of anilines is 1. The number of sulfonamides is 1. The highest BCUT2D eigenvalue weighted by Gasteiger charge is 2.33. The molecule has 0 radical (unpaired) electrons. The van der Waals surface area contributed by atoms with Gasteiger partial charge in [-0.2, -0.15) is 4.31 Å². The number of piperidine rings is 1. The topological polar surface area (TPSA) is 123 Å². The lowest BCUT2D eigenvalue weighted by molar-refractivity contribution is -0.126. The van der Waals surface area contributed by atoms with Crippen LogP contribution in [0, 0.1) is 5.92 Å². The van der Waals surface area contributed by atoms with Crippen molar-refractivity contribution in [2.45, 2.75) is 37.3 Å². The molecular formula is C23H25N3O7S. The maximum absolute atomic E-state index is 13.1. The van der Waals surface area contributed by atoms with E-state index in [2.05, 4.69) is 10.6 Å². The van der Waals surface area contributed by atoms with Crippen LogP contribution in [0.2, 0.25) is 0 Å². The van der Waals surface area contributed by atoms with Crippen LogP contribution in [0.1, 0.15) is 25.3 Å². The van der Waals surface area contributed by atoms with E-state index < -0.39 is 16.1 Å². The Labute approximate surface area is 197 Å². The van der Waals surface area contributed by atoms with Crippen molar-refractivity contribution in [1.82, 2.24) is 9.62 Å². The van der Waals surface area contributed by atoms with Crippen molar-refractivity contribution in [2.24, 2.45) is 5.92 Å². The van der Waals surface area contributed by atoms with Crippen molar-refractivity contribution >= 4 is 27.5 Å². The molecule has 0 aromatic heterocycles. The molecule has 1 fully saturated rings. The van der Waals surface area contributed by atoms with E-state index in [4.69, 9.17) is 14.2 Å². The minimum Gasteiger partial charge on any atom is -0.479 e. The SMILES string of the molecule is C[C@H]1Oc2ccc(S(=O)(=O)N3CCC(C(=O)NCc4ccc5c(c4)OCO5)CC3)cc2NC1=O. The van der Waals surface area contributed by atoms with Gasteiger partial charge in [0.25, 0.3) is 5.91 Å². The lowest BCUT2D eigenvalue weighted by Gasteiger charge is -2.31. The summed E-state index contributed by atoms with van der Waals surface area (Å²) in [6.45, 7) is 2.65. The molecule has 180 valence electrons. The first-order valence-electron chi connectivity index (χ1n) is 11.1. The van der Waals surface area contributed by atoms with Gasteiger partial charge >= 0.3 is 0 Å². The molecule has 1 saturated heterocycles. The Kier molecular flexibility index (Phi) is 5.82. The third kappa shape index (κ3) is 4.28. The fourth-order valence-electron chi connectivity index (χ4n) is 4.24. The van der Waals surface area contributed by atoms with Crippen LogP contribution in [-0.2, 0) is 26.2 Å². The van der Waals surface area contributed by atoms with E-state index in [1.165, 1.54) is 16.4 Å². The third-order valence-corrected chi connectivity index (χ3v) is 8.14. The second-order valence-electron chi connectivity index (χ2n) is 8.49. The summed E-state index contributed by atoms with van der Waals surface area (Å²) in [5.74, 6) is 1.09. The predicted octanol–water partition coefficient (Wildman–Crippen LogP) is 1.85. The van der Waals surface area contributed by atoms with Crippen LogP contribution in [0.3, 0.4) is 0 Å². The van der Waals surface area contributed by atoms with E-state index in [-0.39, 0.29) is 42.5 Å². The summed E-state index contributed by atoms with van der Waals surface area (Å²) < 4.78 is 43.8. The van der Waals surface area contributed by atoms with Crippen molar-refractivity contribution in [1.29, 1.82) is 0 Å². The molecule has 0 aliphatic carbocycles. The molecule has 0 unspecified atom stereocenters. The van der Waals surface area contributed by atoms with Gasteiger partial charge in [-0.05, 0) is 55.7 Å². The maximum Gasteiger partial charge on any atom is 0.265 e.